The Labute approximate surface area is 159 Å². The van der Waals surface area contributed by atoms with Gasteiger partial charge in [0.25, 0.3) is 0 Å². The lowest BCUT2D eigenvalue weighted by Crippen LogP contribution is -2.33. The van der Waals surface area contributed by atoms with Crippen LogP contribution < -0.4 is 10.6 Å². The van der Waals surface area contributed by atoms with Gasteiger partial charge in [0.2, 0.25) is 17.7 Å². The second-order valence-corrected chi connectivity index (χ2v) is 6.30. The van der Waals surface area contributed by atoms with Gasteiger partial charge in [-0.1, -0.05) is 30.3 Å². The normalized spacial score (nSPS) is 10.1. The average molecular weight is 367 g/mol. The Hall–Kier alpha value is -3.15. The highest BCUT2D eigenvalue weighted by Crippen LogP contribution is 2.14. The Kier molecular flexibility index (Phi) is 7.55. The van der Waals surface area contributed by atoms with Gasteiger partial charge < -0.3 is 15.5 Å². The minimum Gasteiger partial charge on any atom is -0.342 e. The maximum Gasteiger partial charge on any atom is 0.226 e. The molecule has 6 nitrogen and oxygen atoms in total. The summed E-state index contributed by atoms with van der Waals surface area (Å²) in [6.07, 6.45) is 0.981. The number of benzene rings is 2. The molecule has 0 bridgehead atoms. The predicted molar refractivity (Wildman–Crippen MR) is 106 cm³/mol. The maximum atomic E-state index is 12.2. The zero-order valence-corrected chi connectivity index (χ0v) is 15.7. The molecule has 0 aromatic heterocycles. The van der Waals surface area contributed by atoms with Gasteiger partial charge in [0, 0.05) is 44.7 Å². The highest BCUT2D eigenvalue weighted by Gasteiger charge is 2.11. The van der Waals surface area contributed by atoms with E-state index in [1.807, 2.05) is 30.3 Å². The summed E-state index contributed by atoms with van der Waals surface area (Å²) < 4.78 is 0. The van der Waals surface area contributed by atoms with Crippen LogP contribution >= 0.6 is 0 Å². The summed E-state index contributed by atoms with van der Waals surface area (Å²) >= 11 is 0. The molecule has 27 heavy (non-hydrogen) atoms. The van der Waals surface area contributed by atoms with Crippen molar-refractivity contribution >= 4 is 29.1 Å². The molecule has 142 valence electrons. The van der Waals surface area contributed by atoms with E-state index < -0.39 is 0 Å². The first-order chi connectivity index (χ1) is 12.9. The van der Waals surface area contributed by atoms with E-state index in [4.69, 9.17) is 0 Å². The maximum absolute atomic E-state index is 12.2. The van der Waals surface area contributed by atoms with E-state index in [-0.39, 0.29) is 24.1 Å². The first kappa shape index (κ1) is 20.2. The average Bonchev–Trinajstić information content (AvgIpc) is 2.63. The Morgan fingerprint density at radius 2 is 1.41 bits per heavy atom. The fourth-order valence-electron chi connectivity index (χ4n) is 2.64. The molecule has 2 N–H and O–H groups in total. The highest BCUT2D eigenvalue weighted by molar-refractivity contribution is 5.92. The molecular weight excluding hydrogens is 342 g/mol. The van der Waals surface area contributed by atoms with Crippen molar-refractivity contribution in [2.45, 2.75) is 26.7 Å². The summed E-state index contributed by atoms with van der Waals surface area (Å²) in [4.78, 5) is 36.7. The Morgan fingerprint density at radius 3 is 1.96 bits per heavy atom. The molecule has 2 aromatic carbocycles. The monoisotopic (exact) mass is 367 g/mol. The van der Waals surface area contributed by atoms with Crippen molar-refractivity contribution in [3.63, 3.8) is 0 Å². The van der Waals surface area contributed by atoms with Crippen molar-refractivity contribution in [2.24, 2.45) is 0 Å². The van der Waals surface area contributed by atoms with Crippen LogP contribution in [0.1, 0.15) is 25.8 Å². The molecule has 0 atom stereocenters. The van der Waals surface area contributed by atoms with E-state index in [1.165, 1.54) is 13.8 Å². The van der Waals surface area contributed by atoms with Crippen LogP contribution in [-0.2, 0) is 20.8 Å². The van der Waals surface area contributed by atoms with Gasteiger partial charge in [-0.05, 0) is 36.2 Å². The molecule has 0 fully saturated rings. The van der Waals surface area contributed by atoms with Crippen LogP contribution in [0, 0.1) is 0 Å². The SMILES string of the molecule is CC(=O)Nc1ccc(NC(=O)CCN(CCc2ccccc2)C(C)=O)cc1. The summed E-state index contributed by atoms with van der Waals surface area (Å²) in [6, 6.07) is 16.8. The van der Waals surface area contributed by atoms with Crippen LogP contribution in [-0.4, -0.2) is 35.7 Å². The summed E-state index contributed by atoms with van der Waals surface area (Å²) in [7, 11) is 0. The number of nitrogens with one attached hydrogen (secondary N) is 2. The predicted octanol–water partition coefficient (Wildman–Crippen LogP) is 3.06. The molecule has 0 heterocycles. The topological polar surface area (TPSA) is 78.5 Å². The second-order valence-electron chi connectivity index (χ2n) is 6.30. The standard InChI is InChI=1S/C21H25N3O3/c1-16(25)22-19-8-10-20(11-9-19)23-21(27)13-15-24(17(2)26)14-12-18-6-4-3-5-7-18/h3-11H,12-15H2,1-2H3,(H,22,25)(H,23,27). The molecule has 0 aliphatic carbocycles. The first-order valence-corrected chi connectivity index (χ1v) is 8.91. The van der Waals surface area contributed by atoms with Gasteiger partial charge in [-0.2, -0.15) is 0 Å². The molecule has 0 saturated heterocycles. The lowest BCUT2D eigenvalue weighted by atomic mass is 10.1. The molecule has 2 rings (SSSR count). The minimum absolute atomic E-state index is 0.0432. The zero-order valence-electron chi connectivity index (χ0n) is 15.7. The number of anilines is 2. The molecule has 0 aliphatic rings. The lowest BCUT2D eigenvalue weighted by Gasteiger charge is -2.21. The van der Waals surface area contributed by atoms with E-state index in [9.17, 15) is 14.4 Å². The quantitative estimate of drug-likeness (QED) is 0.753. The summed E-state index contributed by atoms with van der Waals surface area (Å²) in [6.45, 7) is 3.91. The molecule has 6 heteroatoms. The molecule has 2 aromatic rings. The van der Waals surface area contributed by atoms with Crippen LogP contribution in [0.5, 0.6) is 0 Å². The van der Waals surface area contributed by atoms with Crippen LogP contribution in [0.3, 0.4) is 0 Å². The molecule has 0 saturated carbocycles. The number of hydrogen-bond acceptors (Lipinski definition) is 3. The van der Waals surface area contributed by atoms with Gasteiger partial charge >= 0.3 is 0 Å². The molecule has 0 spiro atoms. The molecule has 0 unspecified atom stereocenters. The first-order valence-electron chi connectivity index (χ1n) is 8.91. The summed E-state index contributed by atoms with van der Waals surface area (Å²) in [5.41, 5.74) is 2.48. The molecule has 3 amide bonds. The van der Waals surface area contributed by atoms with Crippen molar-refractivity contribution in [3.05, 3.63) is 60.2 Å². The number of rotatable bonds is 8. The van der Waals surface area contributed by atoms with Crippen molar-refractivity contribution < 1.29 is 14.4 Å². The van der Waals surface area contributed by atoms with Crippen molar-refractivity contribution in [3.8, 4) is 0 Å². The summed E-state index contributed by atoms with van der Waals surface area (Å²) in [5, 5.41) is 5.47. The second kappa shape index (κ2) is 10.1. The smallest absolute Gasteiger partial charge is 0.226 e. The van der Waals surface area contributed by atoms with Gasteiger partial charge in [0.15, 0.2) is 0 Å². The fraction of sp³-hybridized carbons (Fsp3) is 0.286. The van der Waals surface area contributed by atoms with E-state index >= 15 is 0 Å². The lowest BCUT2D eigenvalue weighted by molar-refractivity contribution is -0.129. The Balaban J connectivity index is 1.81. The number of amides is 3. The van der Waals surface area contributed by atoms with E-state index in [0.717, 1.165) is 12.0 Å². The Bertz CT molecular complexity index is 773. The van der Waals surface area contributed by atoms with Crippen molar-refractivity contribution in [1.29, 1.82) is 0 Å². The summed E-state index contributed by atoms with van der Waals surface area (Å²) in [5.74, 6) is -0.349. The van der Waals surface area contributed by atoms with Crippen LogP contribution in [0.25, 0.3) is 0 Å². The third-order valence-corrected chi connectivity index (χ3v) is 4.06. The van der Waals surface area contributed by atoms with Gasteiger partial charge in [0.05, 0.1) is 0 Å². The van der Waals surface area contributed by atoms with Crippen LogP contribution in [0.2, 0.25) is 0 Å². The van der Waals surface area contributed by atoms with E-state index in [2.05, 4.69) is 10.6 Å². The number of carbonyl (C=O) groups excluding carboxylic acids is 3. The van der Waals surface area contributed by atoms with Gasteiger partial charge in [0.1, 0.15) is 0 Å². The zero-order chi connectivity index (χ0) is 19.6. The van der Waals surface area contributed by atoms with E-state index in [1.54, 1.807) is 29.2 Å². The van der Waals surface area contributed by atoms with E-state index in [0.29, 0.717) is 24.5 Å². The molecule has 0 aliphatic heterocycles. The molecule has 0 radical (unpaired) electrons. The Morgan fingerprint density at radius 1 is 0.815 bits per heavy atom. The van der Waals surface area contributed by atoms with Crippen molar-refractivity contribution in [1.82, 2.24) is 4.90 Å². The third-order valence-electron chi connectivity index (χ3n) is 4.06. The minimum atomic E-state index is -0.159. The third kappa shape index (κ3) is 7.32. The van der Waals surface area contributed by atoms with Gasteiger partial charge in [-0.25, -0.2) is 0 Å². The van der Waals surface area contributed by atoms with Crippen molar-refractivity contribution in [2.75, 3.05) is 23.7 Å². The number of hydrogen-bond donors (Lipinski definition) is 2. The fourth-order valence-corrected chi connectivity index (χ4v) is 2.64. The van der Waals surface area contributed by atoms with Gasteiger partial charge in [-0.15, -0.1) is 0 Å². The van der Waals surface area contributed by atoms with Gasteiger partial charge in [-0.3, -0.25) is 14.4 Å². The molecular formula is C21H25N3O3. The number of nitrogens with zero attached hydrogens (tertiary/aromatic N) is 1. The largest absolute Gasteiger partial charge is 0.342 e. The van der Waals surface area contributed by atoms with Crippen LogP contribution in [0.4, 0.5) is 11.4 Å². The highest BCUT2D eigenvalue weighted by atomic mass is 16.2. The number of carbonyl (C=O) groups is 3. The van der Waals surface area contributed by atoms with Crippen LogP contribution in [0.15, 0.2) is 54.6 Å².